The second-order valence-corrected chi connectivity index (χ2v) is 9.00. The molecule has 0 bridgehead atoms. The Morgan fingerprint density at radius 2 is 1.85 bits per heavy atom. The van der Waals surface area contributed by atoms with Crippen LogP contribution in [0, 0.1) is 0 Å². The van der Waals surface area contributed by atoms with Crippen LogP contribution < -0.4 is 15.6 Å². The largest absolute Gasteiger partial charge is 0.573 e. The molecule has 0 saturated heterocycles. The highest BCUT2D eigenvalue weighted by atomic mass is 32.1. The molecule has 0 saturated carbocycles. The average Bonchev–Trinajstić information content (AvgIpc) is 3.30. The Labute approximate surface area is 223 Å². The van der Waals surface area contributed by atoms with Crippen molar-refractivity contribution in [3.05, 3.63) is 92.3 Å². The first kappa shape index (κ1) is 27.8. The standard InChI is InChI=1S/C26H22F3N3O6S/c1-2-37-25(35)17-8-6-15(7-9-17)12-36-13-18-14-39-24-20(18)22(33)31-21(32-24)23(34)30-11-16-4-3-5-19(10-16)38-26(27,28)29/h3-10,14H,2,11-13H2,1H3,(H,30,34)(H,31,32,33). The fourth-order valence-corrected chi connectivity index (χ4v) is 4.49. The zero-order valence-electron chi connectivity index (χ0n) is 20.5. The molecule has 1 amide bonds. The summed E-state index contributed by atoms with van der Waals surface area (Å²) in [5.74, 6) is -1.75. The minimum Gasteiger partial charge on any atom is -0.462 e. The highest BCUT2D eigenvalue weighted by molar-refractivity contribution is 7.16. The first-order valence-electron chi connectivity index (χ1n) is 11.6. The van der Waals surface area contributed by atoms with Gasteiger partial charge >= 0.3 is 12.3 Å². The number of carbonyl (C=O) groups is 2. The first-order valence-corrected chi connectivity index (χ1v) is 12.5. The van der Waals surface area contributed by atoms with Gasteiger partial charge in [0.1, 0.15) is 10.6 Å². The fraction of sp³-hybridized carbons (Fsp3) is 0.231. The number of aromatic amines is 1. The number of fused-ring (bicyclic) bond motifs is 1. The van der Waals surface area contributed by atoms with Crippen molar-refractivity contribution in [2.45, 2.75) is 33.0 Å². The number of aromatic nitrogens is 2. The van der Waals surface area contributed by atoms with Gasteiger partial charge in [-0.25, -0.2) is 9.78 Å². The highest BCUT2D eigenvalue weighted by Crippen LogP contribution is 2.24. The molecule has 2 aromatic heterocycles. The van der Waals surface area contributed by atoms with Gasteiger partial charge in [0.25, 0.3) is 11.5 Å². The molecular formula is C26H22F3N3O6S. The third-order valence-corrected chi connectivity index (χ3v) is 6.23. The van der Waals surface area contributed by atoms with Crippen molar-refractivity contribution in [2.75, 3.05) is 6.61 Å². The van der Waals surface area contributed by atoms with E-state index in [-0.39, 0.29) is 32.2 Å². The number of carbonyl (C=O) groups excluding carboxylic acids is 2. The number of benzene rings is 2. The van der Waals surface area contributed by atoms with Crippen LogP contribution in [0.2, 0.25) is 0 Å². The van der Waals surface area contributed by atoms with Gasteiger partial charge in [-0.1, -0.05) is 24.3 Å². The van der Waals surface area contributed by atoms with Crippen molar-refractivity contribution in [3.8, 4) is 5.75 Å². The van der Waals surface area contributed by atoms with Crippen LogP contribution in [-0.4, -0.2) is 34.8 Å². The Bertz CT molecular complexity index is 1530. The smallest absolute Gasteiger partial charge is 0.462 e. The lowest BCUT2D eigenvalue weighted by molar-refractivity contribution is -0.274. The van der Waals surface area contributed by atoms with Gasteiger partial charge in [-0.2, -0.15) is 0 Å². The molecule has 13 heteroatoms. The van der Waals surface area contributed by atoms with E-state index in [1.807, 2.05) is 0 Å². The van der Waals surface area contributed by atoms with Crippen LogP contribution in [0.4, 0.5) is 13.2 Å². The van der Waals surface area contributed by atoms with Crippen LogP contribution >= 0.6 is 11.3 Å². The quantitative estimate of drug-likeness (QED) is 0.269. The summed E-state index contributed by atoms with van der Waals surface area (Å²) in [6.07, 6.45) is -4.83. The highest BCUT2D eigenvalue weighted by Gasteiger charge is 2.31. The molecule has 0 aliphatic heterocycles. The first-order chi connectivity index (χ1) is 18.6. The number of ether oxygens (including phenoxy) is 3. The number of rotatable bonds is 10. The minimum absolute atomic E-state index is 0.111. The molecule has 2 heterocycles. The van der Waals surface area contributed by atoms with Gasteiger partial charge < -0.3 is 24.5 Å². The van der Waals surface area contributed by atoms with Crippen LogP contribution in [0.3, 0.4) is 0 Å². The van der Waals surface area contributed by atoms with E-state index in [0.29, 0.717) is 26.9 Å². The van der Waals surface area contributed by atoms with E-state index in [1.165, 1.54) is 23.5 Å². The molecule has 0 aliphatic carbocycles. The number of halogens is 3. The van der Waals surface area contributed by atoms with Gasteiger partial charge in [-0.3, -0.25) is 9.59 Å². The molecular weight excluding hydrogens is 539 g/mol. The van der Waals surface area contributed by atoms with Crippen molar-refractivity contribution < 1.29 is 37.0 Å². The van der Waals surface area contributed by atoms with Gasteiger partial charge in [0.05, 0.1) is 30.8 Å². The Hall–Kier alpha value is -4.23. The molecule has 0 atom stereocenters. The summed E-state index contributed by atoms with van der Waals surface area (Å²) in [5.41, 5.74) is 1.69. The summed E-state index contributed by atoms with van der Waals surface area (Å²) in [7, 11) is 0. The van der Waals surface area contributed by atoms with Crippen LogP contribution in [0.25, 0.3) is 10.2 Å². The molecule has 4 rings (SSSR count). The van der Waals surface area contributed by atoms with Crippen molar-refractivity contribution >= 4 is 33.4 Å². The van der Waals surface area contributed by atoms with E-state index in [2.05, 4.69) is 20.0 Å². The van der Waals surface area contributed by atoms with E-state index in [0.717, 1.165) is 17.7 Å². The fourth-order valence-electron chi connectivity index (χ4n) is 3.57. The maximum atomic E-state index is 12.7. The van der Waals surface area contributed by atoms with E-state index in [1.54, 1.807) is 36.6 Å². The number of hydrogen-bond acceptors (Lipinski definition) is 8. The lowest BCUT2D eigenvalue weighted by Crippen LogP contribution is -2.27. The maximum Gasteiger partial charge on any atom is 0.573 e. The number of hydrogen-bond donors (Lipinski definition) is 2. The van der Waals surface area contributed by atoms with Crippen molar-refractivity contribution in [3.63, 3.8) is 0 Å². The lowest BCUT2D eigenvalue weighted by Gasteiger charge is -2.10. The predicted octanol–water partition coefficient (Wildman–Crippen LogP) is 4.71. The SMILES string of the molecule is CCOC(=O)c1ccc(COCc2csc3nc(C(=O)NCc4cccc(OC(F)(F)F)c4)[nH]c(=O)c23)cc1. The summed E-state index contributed by atoms with van der Waals surface area (Å²) in [5, 5.41) is 4.53. The third-order valence-electron chi connectivity index (χ3n) is 5.31. The van der Waals surface area contributed by atoms with Gasteiger partial charge in [0, 0.05) is 12.1 Å². The summed E-state index contributed by atoms with van der Waals surface area (Å²) in [4.78, 5) is 44.0. The molecule has 0 aliphatic rings. The van der Waals surface area contributed by atoms with Crippen molar-refractivity contribution in [1.29, 1.82) is 0 Å². The molecule has 0 radical (unpaired) electrons. The Morgan fingerprint density at radius 3 is 2.56 bits per heavy atom. The number of H-pyrrole nitrogens is 1. The summed E-state index contributed by atoms with van der Waals surface area (Å²) >= 11 is 1.17. The number of nitrogens with zero attached hydrogens (tertiary/aromatic N) is 1. The maximum absolute atomic E-state index is 12.7. The zero-order valence-corrected chi connectivity index (χ0v) is 21.3. The Balaban J connectivity index is 1.36. The molecule has 2 N–H and O–H groups in total. The predicted molar refractivity (Wildman–Crippen MR) is 135 cm³/mol. The summed E-state index contributed by atoms with van der Waals surface area (Å²) in [6.45, 7) is 2.26. The Kier molecular flexibility index (Phi) is 8.62. The number of thiophene rings is 1. The van der Waals surface area contributed by atoms with Crippen LogP contribution in [-0.2, 0) is 29.2 Å². The van der Waals surface area contributed by atoms with Crippen molar-refractivity contribution in [2.24, 2.45) is 0 Å². The normalized spacial score (nSPS) is 11.4. The molecule has 0 unspecified atom stereocenters. The van der Waals surface area contributed by atoms with Gasteiger partial charge in [0.15, 0.2) is 0 Å². The van der Waals surface area contributed by atoms with E-state index in [9.17, 15) is 27.6 Å². The number of alkyl halides is 3. The molecule has 2 aromatic carbocycles. The topological polar surface area (TPSA) is 120 Å². The van der Waals surface area contributed by atoms with Crippen LogP contribution in [0.1, 0.15) is 44.6 Å². The molecule has 39 heavy (non-hydrogen) atoms. The minimum atomic E-state index is -4.83. The van der Waals surface area contributed by atoms with E-state index >= 15 is 0 Å². The second-order valence-electron chi connectivity index (χ2n) is 8.14. The summed E-state index contributed by atoms with van der Waals surface area (Å²) < 4.78 is 51.8. The molecule has 0 spiro atoms. The van der Waals surface area contributed by atoms with Gasteiger partial charge in [-0.15, -0.1) is 24.5 Å². The van der Waals surface area contributed by atoms with Gasteiger partial charge in [-0.05, 0) is 47.7 Å². The second kappa shape index (κ2) is 12.1. The zero-order chi connectivity index (χ0) is 28.0. The van der Waals surface area contributed by atoms with Crippen LogP contribution in [0.15, 0.2) is 58.7 Å². The number of nitrogens with one attached hydrogen (secondary N) is 2. The lowest BCUT2D eigenvalue weighted by atomic mass is 10.1. The number of esters is 1. The molecule has 0 fully saturated rings. The van der Waals surface area contributed by atoms with E-state index < -0.39 is 29.5 Å². The van der Waals surface area contributed by atoms with Gasteiger partial charge in [0.2, 0.25) is 5.82 Å². The average molecular weight is 562 g/mol. The Morgan fingerprint density at radius 1 is 1.08 bits per heavy atom. The third kappa shape index (κ3) is 7.42. The summed E-state index contributed by atoms with van der Waals surface area (Å²) in [6, 6.07) is 12.0. The monoisotopic (exact) mass is 561 g/mol. The van der Waals surface area contributed by atoms with Crippen LogP contribution in [0.5, 0.6) is 5.75 Å². The molecule has 204 valence electrons. The number of amides is 1. The van der Waals surface area contributed by atoms with E-state index in [4.69, 9.17) is 9.47 Å². The molecule has 9 nitrogen and oxygen atoms in total. The molecule has 4 aromatic rings. The van der Waals surface area contributed by atoms with Crippen molar-refractivity contribution in [1.82, 2.24) is 15.3 Å².